The number of aromatic nitrogens is 1. The van der Waals surface area contributed by atoms with Gasteiger partial charge in [0.1, 0.15) is 30.2 Å². The van der Waals surface area contributed by atoms with Crippen molar-refractivity contribution in [2.24, 2.45) is 22.2 Å². The highest BCUT2D eigenvalue weighted by molar-refractivity contribution is 6.00. The Balaban J connectivity index is 1.49. The molecule has 1 fully saturated rings. The van der Waals surface area contributed by atoms with Crippen molar-refractivity contribution in [2.75, 3.05) is 19.6 Å². The summed E-state index contributed by atoms with van der Waals surface area (Å²) in [6.07, 6.45) is 6.06. The summed E-state index contributed by atoms with van der Waals surface area (Å²) in [6.45, 7) is 0.607. The molecule has 5 atom stereocenters. The van der Waals surface area contributed by atoms with Crippen molar-refractivity contribution >= 4 is 58.2 Å². The second-order valence-electron chi connectivity index (χ2n) is 14.7. The highest BCUT2D eigenvalue weighted by Crippen LogP contribution is 2.21. The van der Waals surface area contributed by atoms with Crippen LogP contribution in [0.4, 0.5) is 0 Å². The molecule has 18 heteroatoms. The molecule has 18 nitrogen and oxygen atoms in total. The van der Waals surface area contributed by atoms with Crippen LogP contribution in [0.5, 0.6) is 0 Å². The third kappa shape index (κ3) is 12.6. The molecule has 3 aromatic rings. The quantitative estimate of drug-likeness (QED) is 0.0748. The number of primary amides is 1. The van der Waals surface area contributed by atoms with Crippen LogP contribution in [0.3, 0.4) is 0 Å². The summed E-state index contributed by atoms with van der Waals surface area (Å²) >= 11 is 0. The van der Waals surface area contributed by atoms with E-state index in [-0.39, 0.29) is 57.7 Å². The summed E-state index contributed by atoms with van der Waals surface area (Å²) in [7, 11) is 0. The number of aliphatic imine (C=N–C) groups is 1. The second-order valence-corrected chi connectivity index (χ2v) is 14.7. The lowest BCUT2D eigenvalue weighted by molar-refractivity contribution is -0.137. The number of rotatable bonds is 9. The van der Waals surface area contributed by atoms with Gasteiger partial charge in [0, 0.05) is 61.7 Å². The molecule has 0 bridgehead atoms. The third-order valence-electron chi connectivity index (χ3n) is 10.3. The van der Waals surface area contributed by atoms with Crippen LogP contribution in [0.25, 0.3) is 10.9 Å². The van der Waals surface area contributed by atoms with Crippen molar-refractivity contribution < 1.29 is 33.6 Å². The number of nitrogens with two attached hydrogens (primary N) is 3. The fourth-order valence-electron chi connectivity index (χ4n) is 7.22. The molecule has 0 saturated carbocycles. The van der Waals surface area contributed by atoms with Gasteiger partial charge in [-0.25, -0.2) is 0 Å². The molecule has 0 unspecified atom stereocenters. The van der Waals surface area contributed by atoms with Gasteiger partial charge in [0.2, 0.25) is 41.4 Å². The Morgan fingerprint density at radius 2 is 1.41 bits per heavy atom. The van der Waals surface area contributed by atoms with Gasteiger partial charge < -0.3 is 53.7 Å². The average Bonchev–Trinajstić information content (AvgIpc) is 3.88. The van der Waals surface area contributed by atoms with E-state index in [1.165, 1.54) is 4.90 Å². The number of fused-ring (bicyclic) bond motifs is 2. The third-order valence-corrected chi connectivity index (χ3v) is 10.3. The first-order valence-electron chi connectivity index (χ1n) is 19.8. The summed E-state index contributed by atoms with van der Waals surface area (Å²) in [4.78, 5) is 103. The van der Waals surface area contributed by atoms with Crippen LogP contribution in [0.1, 0.15) is 56.1 Å². The van der Waals surface area contributed by atoms with Gasteiger partial charge in [-0.05, 0) is 62.1 Å². The Morgan fingerprint density at radius 3 is 2.17 bits per heavy atom. The number of amides is 7. The molecular weight excluding hydrogens is 759 g/mol. The summed E-state index contributed by atoms with van der Waals surface area (Å²) in [5.41, 5.74) is 19.0. The van der Waals surface area contributed by atoms with Gasteiger partial charge in [-0.3, -0.25) is 38.6 Å². The average molecular weight is 812 g/mol. The molecule has 2 aromatic carbocycles. The highest BCUT2D eigenvalue weighted by Gasteiger charge is 2.36. The van der Waals surface area contributed by atoms with Crippen LogP contribution in [-0.2, 0) is 46.4 Å². The Morgan fingerprint density at radius 1 is 0.729 bits per heavy atom. The molecule has 1 aromatic heterocycles. The van der Waals surface area contributed by atoms with Crippen molar-refractivity contribution in [1.82, 2.24) is 36.5 Å². The van der Waals surface area contributed by atoms with E-state index < -0.39 is 71.6 Å². The second kappa shape index (κ2) is 21.2. The van der Waals surface area contributed by atoms with E-state index in [1.54, 1.807) is 30.5 Å². The lowest BCUT2D eigenvalue weighted by atomic mass is 10.0. The molecule has 0 radical (unpaired) electrons. The molecular formula is C41H53N11O7. The first kappa shape index (κ1) is 43.4. The molecule has 59 heavy (non-hydrogen) atoms. The number of guanidine groups is 1. The number of nitrogens with zero attached hydrogens (tertiary/aromatic N) is 2. The van der Waals surface area contributed by atoms with Gasteiger partial charge >= 0.3 is 0 Å². The Kier molecular flexibility index (Phi) is 15.6. The minimum absolute atomic E-state index is 0.00455. The number of H-pyrrole nitrogens is 1. The standard InChI is InChI=1S/C41H53N11O7/c42-36(55)29-14-6-7-19-45-34(53)17-18-35(54)52-21-9-16-33(52)40(59)51-31(22-25-10-2-1-3-11-25)38(57)49-30(15-8-20-46-41(43)44)37(56)50-32(39(58)48-29)23-26-24-47-28-13-5-4-12-27(26)28/h1-5,10-13,17-18,24,29-33,47H,6-9,14-16,19-23H2,(H2,42,55)(H,45,53)(H,48,58)(H,49,57)(H,50,56)(H,51,59)(H4,43,44,46)/b18-17-/t29-,30-,31+,32-,33-/m0/s1. The molecule has 7 amide bonds. The largest absolute Gasteiger partial charge is 0.370 e. The van der Waals surface area contributed by atoms with Gasteiger partial charge in [-0.15, -0.1) is 0 Å². The summed E-state index contributed by atoms with van der Waals surface area (Å²) in [5.74, 6) is -4.67. The minimum Gasteiger partial charge on any atom is -0.370 e. The van der Waals surface area contributed by atoms with Crippen LogP contribution in [0.15, 0.2) is 77.9 Å². The Hall–Kier alpha value is -6.72. The van der Waals surface area contributed by atoms with Gasteiger partial charge in [0.25, 0.3) is 0 Å². The van der Waals surface area contributed by atoms with Crippen LogP contribution in [-0.4, -0.2) is 107 Å². The highest BCUT2D eigenvalue weighted by atomic mass is 16.2. The SMILES string of the molecule is NC(=O)[C@@H]1CCCCNC(=O)/C=C\C(=O)N2CCC[C@H]2C(=O)N[C@H](Cc2ccccc2)C(=O)N[C@@H](CCCN=C(N)N)C(=O)N[C@@H](Cc2c[nH]c3ccccc23)C(=O)N1. The van der Waals surface area contributed by atoms with E-state index in [4.69, 9.17) is 17.2 Å². The number of carbonyl (C=O) groups is 7. The van der Waals surface area contributed by atoms with Gasteiger partial charge in [-0.2, -0.15) is 0 Å². The molecule has 0 spiro atoms. The fraction of sp³-hybridized carbons (Fsp3) is 0.415. The van der Waals surface area contributed by atoms with Crippen molar-refractivity contribution in [1.29, 1.82) is 0 Å². The number of hydrogen-bond acceptors (Lipinski definition) is 8. The maximum atomic E-state index is 14.3. The Labute approximate surface area is 341 Å². The smallest absolute Gasteiger partial charge is 0.247 e. The van der Waals surface area contributed by atoms with Crippen LogP contribution in [0.2, 0.25) is 0 Å². The van der Waals surface area contributed by atoms with Crippen molar-refractivity contribution in [3.8, 4) is 0 Å². The van der Waals surface area contributed by atoms with Gasteiger partial charge in [-0.1, -0.05) is 48.5 Å². The monoisotopic (exact) mass is 811 g/mol. The first-order chi connectivity index (χ1) is 28.4. The number of carbonyl (C=O) groups excluding carboxylic acids is 7. The molecule has 1 saturated heterocycles. The number of benzene rings is 2. The molecule has 2 aliphatic rings. The maximum absolute atomic E-state index is 14.3. The van der Waals surface area contributed by atoms with Crippen molar-refractivity contribution in [3.63, 3.8) is 0 Å². The van der Waals surface area contributed by atoms with Crippen molar-refractivity contribution in [2.45, 2.75) is 88.0 Å². The molecule has 0 aliphatic carbocycles. The van der Waals surface area contributed by atoms with Crippen LogP contribution in [0, 0.1) is 0 Å². The van der Waals surface area contributed by atoms with Crippen molar-refractivity contribution in [3.05, 3.63) is 84.1 Å². The topological polar surface area (TPSA) is 289 Å². The molecule has 2 aliphatic heterocycles. The van der Waals surface area contributed by atoms with E-state index in [0.717, 1.165) is 23.1 Å². The minimum atomic E-state index is -1.24. The van der Waals surface area contributed by atoms with E-state index in [2.05, 4.69) is 36.6 Å². The molecule has 314 valence electrons. The zero-order chi connectivity index (χ0) is 42.3. The first-order valence-corrected chi connectivity index (χ1v) is 19.8. The lowest BCUT2D eigenvalue weighted by Gasteiger charge is -2.28. The Bertz CT molecular complexity index is 2050. The lowest BCUT2D eigenvalue weighted by Crippen LogP contribution is -2.59. The molecule has 3 heterocycles. The normalized spacial score (nSPS) is 23.5. The number of nitrogens with one attached hydrogen (secondary N) is 6. The molecule has 12 N–H and O–H groups in total. The summed E-state index contributed by atoms with van der Waals surface area (Å²) in [5, 5.41) is 14.6. The number of aromatic amines is 1. The zero-order valence-electron chi connectivity index (χ0n) is 32.8. The zero-order valence-corrected chi connectivity index (χ0v) is 32.8. The number of hydrogen-bond donors (Lipinski definition) is 9. The van der Waals surface area contributed by atoms with Crippen LogP contribution >= 0.6 is 0 Å². The van der Waals surface area contributed by atoms with Crippen LogP contribution < -0.4 is 43.8 Å². The van der Waals surface area contributed by atoms with Gasteiger partial charge in [0.15, 0.2) is 5.96 Å². The number of para-hydroxylation sites is 1. The fourth-order valence-corrected chi connectivity index (χ4v) is 7.22. The maximum Gasteiger partial charge on any atom is 0.247 e. The predicted molar refractivity (Wildman–Crippen MR) is 220 cm³/mol. The summed E-state index contributed by atoms with van der Waals surface area (Å²) in [6, 6.07) is 10.7. The van der Waals surface area contributed by atoms with Gasteiger partial charge in [0.05, 0.1) is 0 Å². The van der Waals surface area contributed by atoms with E-state index >= 15 is 0 Å². The predicted octanol–water partition coefficient (Wildman–Crippen LogP) is -0.721. The van der Waals surface area contributed by atoms with E-state index in [0.29, 0.717) is 36.8 Å². The molecule has 5 rings (SSSR count). The summed E-state index contributed by atoms with van der Waals surface area (Å²) < 4.78 is 0. The van der Waals surface area contributed by atoms with E-state index in [1.807, 2.05) is 30.3 Å². The van der Waals surface area contributed by atoms with E-state index in [9.17, 15) is 33.6 Å².